The molecule has 0 aliphatic rings. The third-order valence-electron chi connectivity index (χ3n) is 2.20. The van der Waals surface area contributed by atoms with Gasteiger partial charge in [0.15, 0.2) is 5.69 Å². The van der Waals surface area contributed by atoms with Gasteiger partial charge in [-0.2, -0.15) is 5.10 Å². The molecule has 2 rings (SSSR count). The number of nitrogens with zero attached hydrogens (tertiary/aromatic N) is 4. The summed E-state index contributed by atoms with van der Waals surface area (Å²) in [6.45, 7) is 0.512. The smallest absolute Gasteiger partial charge is 0.355 e. The molecular formula is C10H11N5O3S. The van der Waals surface area contributed by atoms with E-state index in [2.05, 4.69) is 20.4 Å². The standard InChI is InChI=1S/C10H11N5O3S/c16-8(3-15-6-11-5-13-15)12-2-1-9-14-7(4-19-9)10(17)18/h4-6H,1-3H2,(H,12,16)(H,17,18). The molecule has 2 N–H and O–H groups in total. The van der Waals surface area contributed by atoms with Gasteiger partial charge in [-0.15, -0.1) is 11.3 Å². The maximum Gasteiger partial charge on any atom is 0.355 e. The summed E-state index contributed by atoms with van der Waals surface area (Å²) in [7, 11) is 0. The van der Waals surface area contributed by atoms with E-state index in [1.165, 1.54) is 34.1 Å². The van der Waals surface area contributed by atoms with Crippen molar-refractivity contribution in [1.82, 2.24) is 25.1 Å². The largest absolute Gasteiger partial charge is 0.476 e. The Morgan fingerprint density at radius 3 is 2.95 bits per heavy atom. The summed E-state index contributed by atoms with van der Waals surface area (Å²) >= 11 is 1.26. The molecule has 1 amide bonds. The Kier molecular flexibility index (Phi) is 4.18. The maximum atomic E-state index is 11.5. The van der Waals surface area contributed by atoms with Gasteiger partial charge in [-0.1, -0.05) is 0 Å². The van der Waals surface area contributed by atoms with Crippen molar-refractivity contribution in [2.24, 2.45) is 0 Å². The van der Waals surface area contributed by atoms with Crippen LogP contribution >= 0.6 is 11.3 Å². The number of hydrogen-bond acceptors (Lipinski definition) is 6. The van der Waals surface area contributed by atoms with Crippen LogP contribution in [0.5, 0.6) is 0 Å². The Balaban J connectivity index is 1.73. The van der Waals surface area contributed by atoms with Crippen LogP contribution in [-0.2, 0) is 17.8 Å². The molecule has 0 unspecified atom stereocenters. The predicted octanol–water partition coefficient (Wildman–Crippen LogP) is -0.208. The predicted molar refractivity (Wildman–Crippen MR) is 65.8 cm³/mol. The minimum absolute atomic E-state index is 0.0361. The molecule has 9 heteroatoms. The van der Waals surface area contributed by atoms with E-state index < -0.39 is 5.97 Å². The summed E-state index contributed by atoms with van der Waals surface area (Å²) in [6.07, 6.45) is 3.32. The lowest BCUT2D eigenvalue weighted by Gasteiger charge is -2.03. The van der Waals surface area contributed by atoms with E-state index in [0.29, 0.717) is 18.0 Å². The van der Waals surface area contributed by atoms with Crippen molar-refractivity contribution in [3.8, 4) is 0 Å². The SMILES string of the molecule is O=C(Cn1cncn1)NCCc1nc(C(=O)O)cs1. The second kappa shape index (κ2) is 6.05. The van der Waals surface area contributed by atoms with Gasteiger partial charge in [0.25, 0.3) is 0 Å². The van der Waals surface area contributed by atoms with E-state index in [-0.39, 0.29) is 18.1 Å². The normalized spacial score (nSPS) is 10.3. The van der Waals surface area contributed by atoms with Crippen molar-refractivity contribution >= 4 is 23.2 Å². The number of carboxylic acid groups (broad SMARTS) is 1. The molecule has 0 aliphatic carbocycles. The van der Waals surface area contributed by atoms with Gasteiger partial charge in [-0.25, -0.2) is 19.4 Å². The van der Waals surface area contributed by atoms with E-state index in [4.69, 9.17) is 5.11 Å². The van der Waals surface area contributed by atoms with Gasteiger partial charge in [-0.3, -0.25) is 4.79 Å². The average Bonchev–Trinajstić information content (AvgIpc) is 3.00. The van der Waals surface area contributed by atoms with Crippen molar-refractivity contribution in [1.29, 1.82) is 0 Å². The molecular weight excluding hydrogens is 270 g/mol. The Morgan fingerprint density at radius 1 is 1.47 bits per heavy atom. The highest BCUT2D eigenvalue weighted by Crippen LogP contribution is 2.09. The summed E-state index contributed by atoms with van der Waals surface area (Å²) in [5, 5.41) is 17.4. The fourth-order valence-corrected chi connectivity index (χ4v) is 2.12. The number of hydrogen-bond donors (Lipinski definition) is 2. The summed E-state index contributed by atoms with van der Waals surface area (Å²) in [5.41, 5.74) is 0.0361. The molecule has 0 atom stereocenters. The first kappa shape index (κ1) is 13.1. The van der Waals surface area contributed by atoms with E-state index in [0.717, 1.165) is 0 Å². The Labute approximate surface area is 112 Å². The van der Waals surface area contributed by atoms with Gasteiger partial charge in [0.05, 0.1) is 5.01 Å². The van der Waals surface area contributed by atoms with Crippen molar-refractivity contribution in [3.05, 3.63) is 28.7 Å². The van der Waals surface area contributed by atoms with Crippen LogP contribution in [0.4, 0.5) is 0 Å². The number of aromatic carboxylic acids is 1. The lowest BCUT2D eigenvalue weighted by Crippen LogP contribution is -2.29. The number of carbonyl (C=O) groups is 2. The van der Waals surface area contributed by atoms with Crippen LogP contribution in [0.1, 0.15) is 15.5 Å². The second-order valence-electron chi connectivity index (χ2n) is 3.62. The molecule has 2 heterocycles. The van der Waals surface area contributed by atoms with Crippen LogP contribution < -0.4 is 5.32 Å². The summed E-state index contributed by atoms with van der Waals surface area (Å²) in [5.74, 6) is -1.22. The number of nitrogens with one attached hydrogen (secondary N) is 1. The number of aromatic nitrogens is 4. The monoisotopic (exact) mass is 281 g/mol. The molecule has 0 aromatic carbocycles. The first-order chi connectivity index (χ1) is 9.15. The van der Waals surface area contributed by atoms with Crippen molar-refractivity contribution < 1.29 is 14.7 Å². The highest BCUT2D eigenvalue weighted by atomic mass is 32.1. The first-order valence-corrected chi connectivity index (χ1v) is 6.30. The van der Waals surface area contributed by atoms with Crippen molar-refractivity contribution in [2.45, 2.75) is 13.0 Å². The minimum Gasteiger partial charge on any atom is -0.476 e. The van der Waals surface area contributed by atoms with Gasteiger partial charge in [0.1, 0.15) is 19.2 Å². The topological polar surface area (TPSA) is 110 Å². The highest BCUT2D eigenvalue weighted by Gasteiger charge is 2.09. The lowest BCUT2D eigenvalue weighted by molar-refractivity contribution is -0.121. The fourth-order valence-electron chi connectivity index (χ4n) is 1.35. The Morgan fingerprint density at radius 2 is 2.32 bits per heavy atom. The van der Waals surface area contributed by atoms with Crippen LogP contribution in [0, 0.1) is 0 Å². The molecule has 0 aliphatic heterocycles. The molecule has 100 valence electrons. The quantitative estimate of drug-likeness (QED) is 0.758. The van der Waals surface area contributed by atoms with Gasteiger partial charge < -0.3 is 10.4 Å². The van der Waals surface area contributed by atoms with E-state index in [9.17, 15) is 9.59 Å². The van der Waals surface area contributed by atoms with E-state index >= 15 is 0 Å². The summed E-state index contributed by atoms with van der Waals surface area (Å²) < 4.78 is 1.42. The third kappa shape index (κ3) is 3.85. The minimum atomic E-state index is -1.04. The number of carbonyl (C=O) groups excluding carboxylic acids is 1. The molecule has 0 saturated carbocycles. The molecule has 2 aromatic rings. The molecule has 0 fully saturated rings. The molecule has 0 bridgehead atoms. The highest BCUT2D eigenvalue weighted by molar-refractivity contribution is 7.09. The van der Waals surface area contributed by atoms with Crippen LogP contribution in [0.3, 0.4) is 0 Å². The molecule has 0 spiro atoms. The Bertz CT molecular complexity index is 565. The maximum absolute atomic E-state index is 11.5. The second-order valence-corrected chi connectivity index (χ2v) is 4.57. The van der Waals surface area contributed by atoms with E-state index in [1.807, 2.05) is 0 Å². The zero-order chi connectivity index (χ0) is 13.7. The van der Waals surface area contributed by atoms with Gasteiger partial charge >= 0.3 is 5.97 Å². The number of rotatable bonds is 6. The summed E-state index contributed by atoms with van der Waals surface area (Å²) in [4.78, 5) is 29.8. The van der Waals surface area contributed by atoms with E-state index in [1.54, 1.807) is 0 Å². The zero-order valence-corrected chi connectivity index (χ0v) is 10.6. The third-order valence-corrected chi connectivity index (χ3v) is 3.11. The van der Waals surface area contributed by atoms with Crippen molar-refractivity contribution in [2.75, 3.05) is 6.54 Å². The van der Waals surface area contributed by atoms with Crippen LogP contribution in [-0.4, -0.2) is 43.3 Å². The molecule has 19 heavy (non-hydrogen) atoms. The molecule has 2 aromatic heterocycles. The molecule has 0 radical (unpaired) electrons. The average molecular weight is 281 g/mol. The van der Waals surface area contributed by atoms with Crippen LogP contribution in [0.2, 0.25) is 0 Å². The van der Waals surface area contributed by atoms with Crippen molar-refractivity contribution in [3.63, 3.8) is 0 Å². The van der Waals surface area contributed by atoms with Gasteiger partial charge in [0.2, 0.25) is 5.91 Å². The summed E-state index contributed by atoms with van der Waals surface area (Å²) in [6, 6.07) is 0. The zero-order valence-electron chi connectivity index (χ0n) is 9.81. The number of amides is 1. The van der Waals surface area contributed by atoms with Gasteiger partial charge in [-0.05, 0) is 0 Å². The fraction of sp³-hybridized carbons (Fsp3) is 0.300. The molecule has 0 saturated heterocycles. The van der Waals surface area contributed by atoms with Gasteiger partial charge in [0, 0.05) is 18.3 Å². The lowest BCUT2D eigenvalue weighted by atomic mass is 10.4. The number of thiazole rings is 1. The number of carboxylic acids is 1. The first-order valence-electron chi connectivity index (χ1n) is 5.42. The van der Waals surface area contributed by atoms with Crippen LogP contribution in [0.25, 0.3) is 0 Å². The molecule has 8 nitrogen and oxygen atoms in total. The Hall–Kier alpha value is -2.29. The van der Waals surface area contributed by atoms with Crippen LogP contribution in [0.15, 0.2) is 18.0 Å².